The van der Waals surface area contributed by atoms with Crippen molar-refractivity contribution in [3.8, 4) is 5.75 Å². The molecule has 1 fully saturated rings. The van der Waals surface area contributed by atoms with Crippen LogP contribution >= 0.6 is 0 Å². The first-order valence-electron chi connectivity index (χ1n) is 8.40. The van der Waals surface area contributed by atoms with Crippen LogP contribution in [0.4, 0.5) is 11.5 Å². The number of hydrogen-bond acceptors (Lipinski definition) is 5. The van der Waals surface area contributed by atoms with Gasteiger partial charge in [-0.2, -0.15) is 0 Å². The van der Waals surface area contributed by atoms with E-state index < -0.39 is 0 Å². The fourth-order valence-corrected chi connectivity index (χ4v) is 2.75. The van der Waals surface area contributed by atoms with Crippen molar-refractivity contribution in [2.45, 2.75) is 13.8 Å². The zero-order valence-electron chi connectivity index (χ0n) is 14.6. The highest BCUT2D eigenvalue weighted by molar-refractivity contribution is 5.91. The largest absolute Gasteiger partial charge is 0.483 e. The molecule has 6 heteroatoms. The molecule has 0 unspecified atom stereocenters. The van der Waals surface area contributed by atoms with E-state index in [0.717, 1.165) is 43.3 Å². The lowest BCUT2D eigenvalue weighted by Gasteiger charge is -2.28. The zero-order valence-corrected chi connectivity index (χ0v) is 14.6. The predicted molar refractivity (Wildman–Crippen MR) is 97.3 cm³/mol. The Bertz CT molecular complexity index is 725. The van der Waals surface area contributed by atoms with Crippen LogP contribution in [0, 0.1) is 13.8 Å². The number of morpholine rings is 1. The first-order valence-corrected chi connectivity index (χ1v) is 8.40. The molecular weight excluding hydrogens is 318 g/mol. The molecule has 6 nitrogen and oxygen atoms in total. The molecule has 0 bridgehead atoms. The lowest BCUT2D eigenvalue weighted by molar-refractivity contribution is -0.118. The topological polar surface area (TPSA) is 63.7 Å². The fraction of sp³-hybridized carbons (Fsp3) is 0.368. The summed E-state index contributed by atoms with van der Waals surface area (Å²) >= 11 is 0. The molecule has 1 aliphatic rings. The molecule has 1 aliphatic heterocycles. The van der Waals surface area contributed by atoms with Crippen molar-refractivity contribution in [3.05, 3.63) is 47.7 Å². The summed E-state index contributed by atoms with van der Waals surface area (Å²) in [5.41, 5.74) is 3.22. The van der Waals surface area contributed by atoms with Crippen LogP contribution in [0.25, 0.3) is 0 Å². The van der Waals surface area contributed by atoms with Gasteiger partial charge < -0.3 is 19.7 Å². The minimum atomic E-state index is -0.230. The number of rotatable bonds is 5. The van der Waals surface area contributed by atoms with E-state index in [0.29, 0.717) is 5.82 Å². The number of ether oxygens (including phenoxy) is 2. The number of nitrogens with one attached hydrogen (secondary N) is 1. The highest BCUT2D eigenvalue weighted by Crippen LogP contribution is 2.19. The Balaban J connectivity index is 1.52. The molecule has 1 N–H and O–H groups in total. The van der Waals surface area contributed by atoms with Gasteiger partial charge in [-0.3, -0.25) is 4.79 Å². The molecule has 1 aromatic heterocycles. The number of carbonyl (C=O) groups is 1. The summed E-state index contributed by atoms with van der Waals surface area (Å²) < 4.78 is 10.9. The van der Waals surface area contributed by atoms with Gasteiger partial charge in [0.15, 0.2) is 6.61 Å². The summed E-state index contributed by atoms with van der Waals surface area (Å²) in [4.78, 5) is 18.6. The van der Waals surface area contributed by atoms with Crippen LogP contribution in [-0.2, 0) is 9.53 Å². The van der Waals surface area contributed by atoms with E-state index in [9.17, 15) is 4.79 Å². The molecule has 1 amide bonds. The van der Waals surface area contributed by atoms with Gasteiger partial charge in [-0.1, -0.05) is 17.7 Å². The highest BCUT2D eigenvalue weighted by Gasteiger charge is 2.12. The Morgan fingerprint density at radius 1 is 1.24 bits per heavy atom. The van der Waals surface area contributed by atoms with Gasteiger partial charge in [0.2, 0.25) is 0 Å². The van der Waals surface area contributed by atoms with E-state index in [2.05, 4.69) is 15.2 Å². The van der Waals surface area contributed by atoms with E-state index in [1.807, 2.05) is 38.1 Å². The molecule has 132 valence electrons. The first kappa shape index (κ1) is 17.2. The maximum absolute atomic E-state index is 12.0. The Kier molecular flexibility index (Phi) is 5.50. The number of carbonyl (C=O) groups excluding carboxylic acids is 1. The number of anilines is 2. The Labute approximate surface area is 147 Å². The van der Waals surface area contributed by atoms with Crippen LogP contribution in [0.5, 0.6) is 5.75 Å². The lowest BCUT2D eigenvalue weighted by Crippen LogP contribution is -2.36. The monoisotopic (exact) mass is 341 g/mol. The van der Waals surface area contributed by atoms with E-state index in [-0.39, 0.29) is 12.5 Å². The number of nitrogens with zero attached hydrogens (tertiary/aromatic N) is 2. The minimum Gasteiger partial charge on any atom is -0.483 e. The molecule has 1 aromatic carbocycles. The molecule has 1 saturated heterocycles. The zero-order chi connectivity index (χ0) is 17.6. The first-order chi connectivity index (χ1) is 12.1. The summed E-state index contributed by atoms with van der Waals surface area (Å²) in [6.07, 6.45) is 1.77. The Morgan fingerprint density at radius 3 is 2.72 bits per heavy atom. The van der Waals surface area contributed by atoms with Crippen molar-refractivity contribution in [3.63, 3.8) is 0 Å². The SMILES string of the molecule is Cc1ccc(OCC(=O)Nc2ccc(N3CCOCC3)cn2)c(C)c1. The van der Waals surface area contributed by atoms with Crippen molar-refractivity contribution in [1.82, 2.24) is 4.98 Å². The van der Waals surface area contributed by atoms with Crippen LogP contribution in [0.15, 0.2) is 36.5 Å². The van der Waals surface area contributed by atoms with Crippen molar-refractivity contribution in [2.24, 2.45) is 0 Å². The van der Waals surface area contributed by atoms with Gasteiger partial charge in [0.1, 0.15) is 11.6 Å². The van der Waals surface area contributed by atoms with E-state index in [1.165, 1.54) is 5.56 Å². The molecule has 2 heterocycles. The molecule has 3 rings (SSSR count). The number of hydrogen-bond donors (Lipinski definition) is 1. The van der Waals surface area contributed by atoms with Gasteiger partial charge in [0.25, 0.3) is 5.91 Å². The van der Waals surface area contributed by atoms with Crippen molar-refractivity contribution >= 4 is 17.4 Å². The minimum absolute atomic E-state index is 0.0448. The van der Waals surface area contributed by atoms with Gasteiger partial charge in [0.05, 0.1) is 25.1 Å². The van der Waals surface area contributed by atoms with Crippen LogP contribution in [0.2, 0.25) is 0 Å². The lowest BCUT2D eigenvalue weighted by atomic mass is 10.1. The molecular formula is C19H23N3O3. The van der Waals surface area contributed by atoms with E-state index >= 15 is 0 Å². The number of pyridine rings is 1. The average molecular weight is 341 g/mol. The molecule has 2 aromatic rings. The van der Waals surface area contributed by atoms with Crippen LogP contribution < -0.4 is 15.0 Å². The molecule has 0 atom stereocenters. The second-order valence-corrected chi connectivity index (χ2v) is 6.11. The number of aromatic nitrogens is 1. The standard InChI is InChI=1S/C19H23N3O3/c1-14-3-5-17(15(2)11-14)25-13-19(23)21-18-6-4-16(12-20-18)22-7-9-24-10-8-22/h3-6,11-12H,7-10,13H2,1-2H3,(H,20,21,23). The summed E-state index contributed by atoms with van der Waals surface area (Å²) in [5, 5.41) is 2.75. The quantitative estimate of drug-likeness (QED) is 0.905. The average Bonchev–Trinajstić information content (AvgIpc) is 2.62. The van der Waals surface area contributed by atoms with Gasteiger partial charge in [0, 0.05) is 13.1 Å². The number of aryl methyl sites for hydroxylation is 2. The third kappa shape index (κ3) is 4.70. The smallest absolute Gasteiger partial charge is 0.263 e. The van der Waals surface area contributed by atoms with Gasteiger partial charge in [-0.05, 0) is 37.6 Å². The van der Waals surface area contributed by atoms with Gasteiger partial charge >= 0.3 is 0 Å². The van der Waals surface area contributed by atoms with Gasteiger partial charge in [-0.25, -0.2) is 4.98 Å². The molecule has 0 aliphatic carbocycles. The third-order valence-electron chi connectivity index (χ3n) is 4.08. The van der Waals surface area contributed by atoms with Crippen molar-refractivity contribution in [1.29, 1.82) is 0 Å². The molecule has 0 spiro atoms. The Morgan fingerprint density at radius 2 is 2.04 bits per heavy atom. The number of amides is 1. The summed E-state index contributed by atoms with van der Waals surface area (Å²) in [5.74, 6) is 1.01. The normalized spacial score (nSPS) is 14.2. The van der Waals surface area contributed by atoms with E-state index in [4.69, 9.17) is 9.47 Å². The summed E-state index contributed by atoms with van der Waals surface area (Å²) in [6, 6.07) is 9.64. The van der Waals surface area contributed by atoms with Crippen LogP contribution in [-0.4, -0.2) is 43.8 Å². The van der Waals surface area contributed by atoms with Crippen molar-refractivity contribution < 1.29 is 14.3 Å². The number of benzene rings is 1. The summed E-state index contributed by atoms with van der Waals surface area (Å²) in [6.45, 7) is 7.12. The van der Waals surface area contributed by atoms with Crippen LogP contribution in [0.3, 0.4) is 0 Å². The second kappa shape index (κ2) is 7.98. The predicted octanol–water partition coefficient (Wildman–Crippen LogP) is 2.55. The fourth-order valence-electron chi connectivity index (χ4n) is 2.75. The third-order valence-corrected chi connectivity index (χ3v) is 4.08. The summed E-state index contributed by atoms with van der Waals surface area (Å²) in [7, 11) is 0. The van der Waals surface area contributed by atoms with Gasteiger partial charge in [-0.15, -0.1) is 0 Å². The van der Waals surface area contributed by atoms with E-state index in [1.54, 1.807) is 12.3 Å². The van der Waals surface area contributed by atoms with Crippen LogP contribution in [0.1, 0.15) is 11.1 Å². The Hall–Kier alpha value is -2.60. The highest BCUT2D eigenvalue weighted by atomic mass is 16.5. The molecule has 25 heavy (non-hydrogen) atoms. The second-order valence-electron chi connectivity index (χ2n) is 6.11. The maximum Gasteiger partial charge on any atom is 0.263 e. The molecule has 0 radical (unpaired) electrons. The maximum atomic E-state index is 12.0. The molecule has 0 saturated carbocycles. The van der Waals surface area contributed by atoms with Crippen molar-refractivity contribution in [2.75, 3.05) is 43.1 Å².